The fraction of sp³-hybridized carbons (Fsp3) is 0.281. The summed E-state index contributed by atoms with van der Waals surface area (Å²) in [5.41, 5.74) is 1.98. The second kappa shape index (κ2) is 11.8. The Labute approximate surface area is 247 Å². The molecule has 42 heavy (non-hydrogen) atoms. The molecule has 1 unspecified atom stereocenters. The molecule has 0 N–H and O–H groups in total. The second-order valence-electron chi connectivity index (χ2n) is 10.2. The number of esters is 1. The van der Waals surface area contributed by atoms with E-state index in [0.717, 1.165) is 37.6 Å². The number of aromatic nitrogens is 1. The maximum atomic E-state index is 14.1. The third-order valence-electron chi connectivity index (χ3n) is 7.48. The molecule has 4 aromatic rings. The zero-order valence-corrected chi connectivity index (χ0v) is 24.6. The molecule has 0 amide bonds. The Morgan fingerprint density at radius 3 is 2.60 bits per heavy atom. The molecule has 9 nitrogen and oxygen atoms in total. The lowest BCUT2D eigenvalue weighted by Crippen LogP contribution is -2.44. The first-order chi connectivity index (χ1) is 20.5. The van der Waals surface area contributed by atoms with Crippen LogP contribution in [0, 0.1) is 0 Å². The number of furan rings is 1. The SMILES string of the molecule is CCOC(=O)C1=C(c2ccccc2)N=c2sc(=Cc3ccc(N4CCN(C)CC4)o3)c(=O)n2C1c1cccc(OC)c1. The van der Waals surface area contributed by atoms with Gasteiger partial charge < -0.3 is 23.7 Å². The fourth-order valence-electron chi connectivity index (χ4n) is 5.31. The van der Waals surface area contributed by atoms with Crippen LogP contribution in [-0.2, 0) is 9.53 Å². The lowest BCUT2D eigenvalue weighted by molar-refractivity contribution is -0.138. The van der Waals surface area contributed by atoms with Crippen molar-refractivity contribution in [2.24, 2.45) is 4.99 Å². The normalized spacial score (nSPS) is 17.6. The summed E-state index contributed by atoms with van der Waals surface area (Å²) in [5.74, 6) is 1.46. The Morgan fingerprint density at radius 1 is 1.07 bits per heavy atom. The molecule has 1 fully saturated rings. The van der Waals surface area contributed by atoms with Gasteiger partial charge >= 0.3 is 5.97 Å². The molecule has 0 radical (unpaired) electrons. The Bertz CT molecular complexity index is 1810. The quantitative estimate of drug-likeness (QED) is 0.308. The van der Waals surface area contributed by atoms with Gasteiger partial charge in [-0.2, -0.15) is 0 Å². The fourth-order valence-corrected chi connectivity index (χ4v) is 6.29. The van der Waals surface area contributed by atoms with Gasteiger partial charge in [0.2, 0.25) is 0 Å². The van der Waals surface area contributed by atoms with E-state index < -0.39 is 12.0 Å². The van der Waals surface area contributed by atoms with Gasteiger partial charge in [-0.15, -0.1) is 0 Å². The molecule has 1 atom stereocenters. The summed E-state index contributed by atoms with van der Waals surface area (Å²) < 4.78 is 19.2. The first-order valence-electron chi connectivity index (χ1n) is 13.9. The molecule has 1 saturated heterocycles. The van der Waals surface area contributed by atoms with E-state index in [-0.39, 0.29) is 12.2 Å². The van der Waals surface area contributed by atoms with E-state index in [0.29, 0.717) is 37.7 Å². The number of benzene rings is 2. The summed E-state index contributed by atoms with van der Waals surface area (Å²) in [6.07, 6.45) is 1.75. The van der Waals surface area contributed by atoms with Crippen LogP contribution >= 0.6 is 11.3 Å². The summed E-state index contributed by atoms with van der Waals surface area (Å²) in [7, 11) is 3.70. The number of hydrogen-bond acceptors (Lipinski definition) is 9. The van der Waals surface area contributed by atoms with Crippen molar-refractivity contribution in [1.82, 2.24) is 9.47 Å². The highest BCUT2D eigenvalue weighted by Gasteiger charge is 2.35. The predicted octanol–water partition coefficient (Wildman–Crippen LogP) is 3.29. The standard InChI is InChI=1S/C32H32N4O5S/c1-4-40-31(38)27-28(21-9-6-5-7-10-21)33-32-36(29(27)22-11-8-12-23(19-22)39-3)30(37)25(42-32)20-24-13-14-26(41-24)35-17-15-34(2)16-18-35/h5-14,19-20,29H,4,15-18H2,1-3H3. The molecule has 2 aliphatic heterocycles. The molecule has 0 spiro atoms. The smallest absolute Gasteiger partial charge is 0.338 e. The van der Waals surface area contributed by atoms with Crippen molar-refractivity contribution < 1.29 is 18.7 Å². The Morgan fingerprint density at radius 2 is 1.86 bits per heavy atom. The maximum Gasteiger partial charge on any atom is 0.338 e. The van der Waals surface area contributed by atoms with Crippen LogP contribution in [0.5, 0.6) is 5.75 Å². The van der Waals surface area contributed by atoms with E-state index in [1.165, 1.54) is 11.3 Å². The van der Waals surface area contributed by atoms with Gasteiger partial charge in [0.1, 0.15) is 11.5 Å². The van der Waals surface area contributed by atoms with E-state index in [4.69, 9.17) is 18.9 Å². The van der Waals surface area contributed by atoms with Crippen LogP contribution in [0.2, 0.25) is 0 Å². The molecule has 2 aromatic carbocycles. The van der Waals surface area contributed by atoms with Crippen molar-refractivity contribution in [3.63, 3.8) is 0 Å². The summed E-state index contributed by atoms with van der Waals surface area (Å²) in [5, 5.41) is 0. The minimum atomic E-state index is -0.773. The number of nitrogens with zero attached hydrogens (tertiary/aromatic N) is 4. The van der Waals surface area contributed by atoms with E-state index >= 15 is 0 Å². The number of methoxy groups -OCH3 is 1. The molecule has 10 heteroatoms. The van der Waals surface area contributed by atoms with Gasteiger partial charge in [0, 0.05) is 43.9 Å². The highest BCUT2D eigenvalue weighted by molar-refractivity contribution is 7.07. The Hall–Kier alpha value is -4.41. The van der Waals surface area contributed by atoms with Gasteiger partial charge in [-0.1, -0.05) is 53.8 Å². The van der Waals surface area contributed by atoms with Crippen LogP contribution in [0.3, 0.4) is 0 Å². The third-order valence-corrected chi connectivity index (χ3v) is 8.47. The number of anilines is 1. The highest BCUT2D eigenvalue weighted by Crippen LogP contribution is 2.36. The van der Waals surface area contributed by atoms with E-state index in [1.54, 1.807) is 24.7 Å². The van der Waals surface area contributed by atoms with E-state index in [2.05, 4.69) is 16.8 Å². The number of rotatable bonds is 7. The van der Waals surface area contributed by atoms with Crippen molar-refractivity contribution in [2.75, 3.05) is 51.8 Å². The van der Waals surface area contributed by atoms with Crippen LogP contribution in [0.4, 0.5) is 5.88 Å². The van der Waals surface area contributed by atoms with Gasteiger partial charge in [0.25, 0.3) is 5.56 Å². The number of carbonyl (C=O) groups excluding carboxylic acids is 1. The first-order valence-corrected chi connectivity index (χ1v) is 14.7. The van der Waals surface area contributed by atoms with Crippen molar-refractivity contribution in [3.8, 4) is 5.75 Å². The zero-order chi connectivity index (χ0) is 29.2. The molecule has 0 bridgehead atoms. The van der Waals surface area contributed by atoms with Gasteiger partial charge in [-0.3, -0.25) is 9.36 Å². The highest BCUT2D eigenvalue weighted by atomic mass is 32.1. The van der Waals surface area contributed by atoms with Crippen molar-refractivity contribution in [1.29, 1.82) is 0 Å². The average molecular weight is 585 g/mol. The van der Waals surface area contributed by atoms with Gasteiger partial charge in [-0.05, 0) is 37.7 Å². The molecule has 0 aliphatic carbocycles. The number of fused-ring (bicyclic) bond motifs is 1. The van der Waals surface area contributed by atoms with Gasteiger partial charge in [0.05, 0.1) is 35.6 Å². The number of piperazine rings is 1. The lowest BCUT2D eigenvalue weighted by atomic mass is 9.93. The number of ether oxygens (including phenoxy) is 2. The number of thiazole rings is 1. The molecular formula is C32H32N4O5S. The summed E-state index contributed by atoms with van der Waals surface area (Å²) in [6, 6.07) is 19.9. The third kappa shape index (κ3) is 5.31. The van der Waals surface area contributed by atoms with Crippen LogP contribution in [0.1, 0.15) is 29.9 Å². The van der Waals surface area contributed by atoms with E-state index in [1.807, 2.05) is 66.7 Å². The largest absolute Gasteiger partial charge is 0.497 e. The lowest BCUT2D eigenvalue weighted by Gasteiger charge is -2.32. The summed E-state index contributed by atoms with van der Waals surface area (Å²) in [6.45, 7) is 5.64. The average Bonchev–Trinajstić information content (AvgIpc) is 3.61. The molecule has 216 valence electrons. The number of hydrogen-bond donors (Lipinski definition) is 0. The van der Waals surface area contributed by atoms with E-state index in [9.17, 15) is 9.59 Å². The topological polar surface area (TPSA) is 89.5 Å². The van der Waals surface area contributed by atoms with Crippen LogP contribution < -0.4 is 24.5 Å². The van der Waals surface area contributed by atoms with Gasteiger partial charge in [0.15, 0.2) is 10.7 Å². The monoisotopic (exact) mass is 584 g/mol. The maximum absolute atomic E-state index is 14.1. The molecule has 0 saturated carbocycles. The van der Waals surface area contributed by atoms with Crippen molar-refractivity contribution in [2.45, 2.75) is 13.0 Å². The Kier molecular flexibility index (Phi) is 7.82. The molecular weight excluding hydrogens is 552 g/mol. The molecule has 6 rings (SSSR count). The molecule has 2 aromatic heterocycles. The molecule has 4 heterocycles. The summed E-state index contributed by atoms with van der Waals surface area (Å²) in [4.78, 5) is 37.6. The number of carbonyl (C=O) groups is 1. The van der Waals surface area contributed by atoms with Crippen LogP contribution in [0.15, 0.2) is 86.5 Å². The summed E-state index contributed by atoms with van der Waals surface area (Å²) >= 11 is 1.27. The minimum Gasteiger partial charge on any atom is -0.497 e. The zero-order valence-electron chi connectivity index (χ0n) is 23.8. The van der Waals surface area contributed by atoms with Crippen molar-refractivity contribution in [3.05, 3.63) is 109 Å². The van der Waals surface area contributed by atoms with Gasteiger partial charge in [-0.25, -0.2) is 9.79 Å². The van der Waals surface area contributed by atoms with Crippen molar-refractivity contribution >= 4 is 35.0 Å². The predicted molar refractivity (Wildman–Crippen MR) is 162 cm³/mol. The molecule has 2 aliphatic rings. The minimum absolute atomic E-state index is 0.188. The number of likely N-dealkylation sites (N-methyl/N-ethyl adjacent to an activating group) is 1. The first kappa shape index (κ1) is 27.7. The Balaban J connectivity index is 1.52. The second-order valence-corrected chi connectivity index (χ2v) is 11.2. The van der Waals surface area contributed by atoms with Crippen LogP contribution in [0.25, 0.3) is 11.8 Å². The van der Waals surface area contributed by atoms with Crippen LogP contribution in [-0.4, -0.2) is 62.4 Å².